The second-order valence-corrected chi connectivity index (χ2v) is 4.85. The third kappa shape index (κ3) is 3.34. The van der Waals surface area contributed by atoms with Crippen molar-refractivity contribution in [3.63, 3.8) is 0 Å². The number of carbonyl (C=O) groups is 1. The van der Waals surface area contributed by atoms with Gasteiger partial charge in [-0.25, -0.2) is 4.79 Å². The monoisotopic (exact) mass is 232 g/mol. The van der Waals surface area contributed by atoms with Crippen molar-refractivity contribution in [1.29, 1.82) is 0 Å². The van der Waals surface area contributed by atoms with Crippen LogP contribution in [0.15, 0.2) is 28.5 Å². The first-order valence-corrected chi connectivity index (χ1v) is 6.56. The molecule has 0 aliphatic heterocycles. The summed E-state index contributed by atoms with van der Waals surface area (Å²) in [5.74, 6) is -0.246. The molecule has 0 amide bonds. The zero-order chi connectivity index (χ0) is 12.1. The topological polar surface area (TPSA) is 26.3 Å². The van der Waals surface area contributed by atoms with Crippen molar-refractivity contribution in [3.05, 3.63) is 28.5 Å². The molecule has 2 heteroatoms. The standard InChI is InChI=1S/C15H20O2/c1-17-15(16)14(10-12-6-2-3-7-12)11-13-8-4-5-9-13/h10H,2-9H2,1H3. The summed E-state index contributed by atoms with van der Waals surface area (Å²) in [7, 11) is 1.44. The van der Waals surface area contributed by atoms with E-state index in [9.17, 15) is 4.79 Å². The van der Waals surface area contributed by atoms with Gasteiger partial charge in [-0.3, -0.25) is 0 Å². The number of hydrogen-bond acceptors (Lipinski definition) is 2. The highest BCUT2D eigenvalue weighted by Crippen LogP contribution is 2.26. The van der Waals surface area contributed by atoms with E-state index >= 15 is 0 Å². The van der Waals surface area contributed by atoms with Gasteiger partial charge in [0, 0.05) is 0 Å². The van der Waals surface area contributed by atoms with E-state index in [1.54, 1.807) is 0 Å². The molecule has 0 aromatic carbocycles. The third-order valence-corrected chi connectivity index (χ3v) is 3.52. The van der Waals surface area contributed by atoms with Gasteiger partial charge in [0.25, 0.3) is 0 Å². The van der Waals surface area contributed by atoms with Gasteiger partial charge < -0.3 is 4.74 Å². The number of rotatable bonds is 2. The van der Waals surface area contributed by atoms with Crippen molar-refractivity contribution in [2.45, 2.75) is 51.4 Å². The molecule has 0 radical (unpaired) electrons. The van der Waals surface area contributed by atoms with Crippen LogP contribution in [0.1, 0.15) is 51.4 Å². The second-order valence-electron chi connectivity index (χ2n) is 4.85. The lowest BCUT2D eigenvalue weighted by molar-refractivity contribution is -0.135. The predicted octanol–water partition coefficient (Wildman–Crippen LogP) is 3.69. The van der Waals surface area contributed by atoms with Gasteiger partial charge in [-0.15, -0.1) is 5.73 Å². The van der Waals surface area contributed by atoms with Crippen LogP contribution in [0.5, 0.6) is 0 Å². The molecule has 2 rings (SSSR count). The molecule has 0 unspecified atom stereocenters. The summed E-state index contributed by atoms with van der Waals surface area (Å²) in [6, 6.07) is 0. The van der Waals surface area contributed by atoms with Gasteiger partial charge in [0.2, 0.25) is 0 Å². The van der Waals surface area contributed by atoms with Crippen molar-refractivity contribution in [2.75, 3.05) is 7.11 Å². The number of esters is 1. The van der Waals surface area contributed by atoms with Crippen molar-refractivity contribution >= 4 is 5.97 Å². The van der Waals surface area contributed by atoms with Gasteiger partial charge in [0.05, 0.1) is 7.11 Å². The number of methoxy groups -OCH3 is 1. The van der Waals surface area contributed by atoms with E-state index in [0.717, 1.165) is 25.7 Å². The summed E-state index contributed by atoms with van der Waals surface area (Å²) < 4.78 is 4.84. The van der Waals surface area contributed by atoms with Crippen LogP contribution < -0.4 is 0 Å². The van der Waals surface area contributed by atoms with Crippen LogP contribution in [0.4, 0.5) is 0 Å². The molecule has 0 saturated heterocycles. The summed E-state index contributed by atoms with van der Waals surface area (Å²) in [4.78, 5) is 11.7. The molecule has 0 aromatic rings. The van der Waals surface area contributed by atoms with E-state index in [4.69, 9.17) is 4.74 Å². The smallest absolute Gasteiger partial charge is 0.345 e. The predicted molar refractivity (Wildman–Crippen MR) is 67.6 cm³/mol. The molecule has 0 heterocycles. The molecule has 0 atom stereocenters. The third-order valence-electron chi connectivity index (χ3n) is 3.52. The molecular weight excluding hydrogens is 212 g/mol. The average Bonchev–Trinajstić information content (AvgIpc) is 3.00. The molecule has 2 nitrogen and oxygen atoms in total. The van der Waals surface area contributed by atoms with Gasteiger partial charge in [0.15, 0.2) is 0 Å². The van der Waals surface area contributed by atoms with E-state index in [1.807, 2.05) is 6.08 Å². The lowest BCUT2D eigenvalue weighted by Crippen LogP contribution is -2.02. The van der Waals surface area contributed by atoms with Gasteiger partial charge in [0.1, 0.15) is 5.57 Å². The van der Waals surface area contributed by atoms with Crippen molar-refractivity contribution < 1.29 is 9.53 Å². The van der Waals surface area contributed by atoms with Crippen LogP contribution in [-0.2, 0) is 9.53 Å². The quantitative estimate of drug-likeness (QED) is 0.412. The fourth-order valence-corrected chi connectivity index (χ4v) is 2.55. The van der Waals surface area contributed by atoms with E-state index in [2.05, 4.69) is 5.73 Å². The Balaban J connectivity index is 2.27. The molecular formula is C15H20O2. The lowest BCUT2D eigenvalue weighted by Gasteiger charge is -2.00. The van der Waals surface area contributed by atoms with Crippen LogP contribution in [0.25, 0.3) is 0 Å². The van der Waals surface area contributed by atoms with Gasteiger partial charge >= 0.3 is 5.97 Å². The number of ether oxygens (including phenoxy) is 1. The zero-order valence-corrected chi connectivity index (χ0v) is 10.6. The first kappa shape index (κ1) is 12.2. The Morgan fingerprint density at radius 2 is 1.71 bits per heavy atom. The Bertz CT molecular complexity index is 379. The molecule has 2 aliphatic rings. The molecule has 92 valence electrons. The first-order valence-electron chi connectivity index (χ1n) is 6.56. The minimum atomic E-state index is -0.246. The maximum atomic E-state index is 11.7. The average molecular weight is 232 g/mol. The number of hydrogen-bond donors (Lipinski definition) is 0. The summed E-state index contributed by atoms with van der Waals surface area (Å²) in [5.41, 5.74) is 6.55. The van der Waals surface area contributed by atoms with E-state index < -0.39 is 0 Å². The Labute approximate surface area is 103 Å². The highest BCUT2D eigenvalue weighted by atomic mass is 16.5. The fraction of sp³-hybridized carbons (Fsp3) is 0.600. The van der Waals surface area contributed by atoms with Gasteiger partial charge in [-0.2, -0.15) is 0 Å². The minimum Gasteiger partial charge on any atom is -0.465 e. The van der Waals surface area contributed by atoms with Gasteiger partial charge in [-0.05, 0) is 63.0 Å². The molecule has 0 bridgehead atoms. The molecule has 2 aliphatic carbocycles. The molecule has 2 fully saturated rings. The van der Waals surface area contributed by atoms with E-state index in [-0.39, 0.29) is 5.97 Å². The molecule has 17 heavy (non-hydrogen) atoms. The molecule has 2 saturated carbocycles. The lowest BCUT2D eigenvalue weighted by atomic mass is 10.1. The molecule has 0 aromatic heterocycles. The summed E-state index contributed by atoms with van der Waals surface area (Å²) in [5, 5.41) is 0. The van der Waals surface area contributed by atoms with Crippen LogP contribution >= 0.6 is 0 Å². The highest BCUT2D eigenvalue weighted by Gasteiger charge is 2.13. The van der Waals surface area contributed by atoms with E-state index in [0.29, 0.717) is 5.57 Å². The van der Waals surface area contributed by atoms with Crippen LogP contribution in [-0.4, -0.2) is 13.1 Å². The summed E-state index contributed by atoms with van der Waals surface area (Å²) >= 11 is 0. The second kappa shape index (κ2) is 5.88. The highest BCUT2D eigenvalue weighted by molar-refractivity contribution is 5.91. The van der Waals surface area contributed by atoms with Gasteiger partial charge in [-0.1, -0.05) is 5.57 Å². The zero-order valence-electron chi connectivity index (χ0n) is 10.6. The fourth-order valence-electron chi connectivity index (χ4n) is 2.55. The Hall–Kier alpha value is -1.27. The Kier molecular flexibility index (Phi) is 4.22. The Morgan fingerprint density at radius 3 is 2.29 bits per heavy atom. The number of allylic oxidation sites excluding steroid dienone is 1. The van der Waals surface area contributed by atoms with Crippen molar-refractivity contribution in [1.82, 2.24) is 0 Å². The molecule has 0 N–H and O–H groups in total. The SMILES string of the molecule is COC(=O)C(=C=C1CCCC1)C=C1CCCC1. The van der Waals surface area contributed by atoms with E-state index in [1.165, 1.54) is 43.9 Å². The largest absolute Gasteiger partial charge is 0.465 e. The normalized spacial score (nSPS) is 19.1. The maximum Gasteiger partial charge on any atom is 0.345 e. The van der Waals surface area contributed by atoms with Crippen LogP contribution in [0.2, 0.25) is 0 Å². The summed E-state index contributed by atoms with van der Waals surface area (Å²) in [6.07, 6.45) is 11.4. The van der Waals surface area contributed by atoms with Crippen LogP contribution in [0.3, 0.4) is 0 Å². The van der Waals surface area contributed by atoms with Crippen molar-refractivity contribution in [2.24, 2.45) is 0 Å². The first-order chi connectivity index (χ1) is 8.29. The minimum absolute atomic E-state index is 0.246. The maximum absolute atomic E-state index is 11.7. The summed E-state index contributed by atoms with van der Waals surface area (Å²) in [6.45, 7) is 0. The van der Waals surface area contributed by atoms with Crippen LogP contribution in [0, 0.1) is 0 Å². The number of carbonyl (C=O) groups excluding carboxylic acids is 1. The van der Waals surface area contributed by atoms with Crippen molar-refractivity contribution in [3.8, 4) is 0 Å². The molecule has 0 spiro atoms. The Morgan fingerprint density at radius 1 is 1.12 bits per heavy atom.